The Morgan fingerprint density at radius 3 is 2.75 bits per heavy atom. The molecule has 0 aliphatic heterocycles. The van der Waals surface area contributed by atoms with Crippen molar-refractivity contribution in [3.05, 3.63) is 29.3 Å². The Morgan fingerprint density at radius 1 is 1.00 bits per heavy atom. The predicted molar refractivity (Wildman–Crippen MR) is 49.4 cm³/mol. The van der Waals surface area contributed by atoms with Gasteiger partial charge in [-0.25, -0.2) is 0 Å². The first kappa shape index (κ1) is 7.66. The zero-order valence-electron chi connectivity index (χ0n) is 7.21. The Hall–Kier alpha value is -0.980. The lowest BCUT2D eigenvalue weighted by Crippen LogP contribution is -1.90. The molecule has 1 heteroatoms. The third kappa shape index (κ3) is 1.31. The number of aryl methyl sites for hydroxylation is 1. The monoisotopic (exact) mass is 162 g/mol. The number of phenolic OH excluding ortho intramolecular Hbond substituents is 1. The van der Waals surface area contributed by atoms with E-state index in [4.69, 9.17) is 0 Å². The Bertz CT molecular complexity index is 278. The molecule has 0 heterocycles. The minimum atomic E-state index is 0.495. The van der Waals surface area contributed by atoms with Gasteiger partial charge in [-0.2, -0.15) is 0 Å². The van der Waals surface area contributed by atoms with Crippen LogP contribution in [0, 0.1) is 0 Å². The second-order valence-electron chi connectivity index (χ2n) is 3.48. The Labute approximate surface area is 73.0 Å². The molecule has 12 heavy (non-hydrogen) atoms. The van der Waals surface area contributed by atoms with Crippen LogP contribution in [0.5, 0.6) is 5.75 Å². The highest BCUT2D eigenvalue weighted by Crippen LogP contribution is 2.27. The molecule has 64 valence electrons. The summed E-state index contributed by atoms with van der Waals surface area (Å²) >= 11 is 0. The molecule has 0 bridgehead atoms. The zero-order chi connectivity index (χ0) is 8.39. The van der Waals surface area contributed by atoms with Crippen LogP contribution in [0.3, 0.4) is 0 Å². The fourth-order valence-electron chi connectivity index (χ4n) is 1.94. The molecule has 1 aliphatic carbocycles. The van der Waals surface area contributed by atoms with Crippen molar-refractivity contribution < 1.29 is 5.11 Å². The van der Waals surface area contributed by atoms with Gasteiger partial charge in [-0.15, -0.1) is 0 Å². The standard InChI is InChI=1S/C11H14O/c12-11-8-4-6-9-5-2-1-3-7-10(9)11/h4,6,8,12H,1-3,5,7H2. The number of benzene rings is 1. The molecular weight excluding hydrogens is 148 g/mol. The molecule has 1 N–H and O–H groups in total. The molecule has 1 aromatic rings. The molecule has 0 spiro atoms. The van der Waals surface area contributed by atoms with Crippen LogP contribution in [-0.4, -0.2) is 5.11 Å². The van der Waals surface area contributed by atoms with Gasteiger partial charge in [0.2, 0.25) is 0 Å². The first-order valence-electron chi connectivity index (χ1n) is 4.67. The SMILES string of the molecule is Oc1cccc2c1CCCCC2. The highest BCUT2D eigenvalue weighted by molar-refractivity contribution is 5.39. The summed E-state index contributed by atoms with van der Waals surface area (Å²) in [4.78, 5) is 0. The summed E-state index contributed by atoms with van der Waals surface area (Å²) in [6, 6.07) is 5.88. The lowest BCUT2D eigenvalue weighted by Gasteiger charge is -2.06. The van der Waals surface area contributed by atoms with Crippen molar-refractivity contribution in [3.8, 4) is 5.75 Å². The summed E-state index contributed by atoms with van der Waals surface area (Å²) in [6.45, 7) is 0. The third-order valence-corrected chi connectivity index (χ3v) is 2.62. The zero-order valence-corrected chi connectivity index (χ0v) is 7.21. The minimum Gasteiger partial charge on any atom is -0.508 e. The smallest absolute Gasteiger partial charge is 0.119 e. The quantitative estimate of drug-likeness (QED) is 0.581. The maximum Gasteiger partial charge on any atom is 0.119 e. The Kier molecular flexibility index (Phi) is 2.03. The second kappa shape index (κ2) is 3.18. The van der Waals surface area contributed by atoms with Gasteiger partial charge in [0.15, 0.2) is 0 Å². The predicted octanol–water partition coefficient (Wildman–Crippen LogP) is 2.66. The van der Waals surface area contributed by atoms with E-state index in [-0.39, 0.29) is 0 Å². The Morgan fingerprint density at radius 2 is 1.83 bits per heavy atom. The van der Waals surface area contributed by atoms with Crippen molar-refractivity contribution in [1.82, 2.24) is 0 Å². The molecule has 0 unspecified atom stereocenters. The summed E-state index contributed by atoms with van der Waals surface area (Å²) in [7, 11) is 0. The van der Waals surface area contributed by atoms with Crippen LogP contribution in [-0.2, 0) is 12.8 Å². The maximum atomic E-state index is 9.58. The van der Waals surface area contributed by atoms with Gasteiger partial charge >= 0.3 is 0 Å². The van der Waals surface area contributed by atoms with E-state index in [1.54, 1.807) is 6.07 Å². The first-order valence-corrected chi connectivity index (χ1v) is 4.67. The molecule has 1 aromatic carbocycles. The number of phenols is 1. The number of rotatable bonds is 0. The maximum absolute atomic E-state index is 9.58. The molecule has 1 nitrogen and oxygen atoms in total. The first-order chi connectivity index (χ1) is 5.88. The van der Waals surface area contributed by atoms with Gasteiger partial charge in [0.25, 0.3) is 0 Å². The summed E-state index contributed by atoms with van der Waals surface area (Å²) < 4.78 is 0. The molecule has 0 radical (unpaired) electrons. The van der Waals surface area contributed by atoms with E-state index in [0.29, 0.717) is 5.75 Å². The Balaban J connectivity index is 2.42. The van der Waals surface area contributed by atoms with Crippen molar-refractivity contribution in [1.29, 1.82) is 0 Å². The van der Waals surface area contributed by atoms with Crippen LogP contribution in [0.2, 0.25) is 0 Å². The van der Waals surface area contributed by atoms with Gasteiger partial charge < -0.3 is 5.11 Å². The van der Waals surface area contributed by atoms with E-state index in [1.165, 1.54) is 30.4 Å². The van der Waals surface area contributed by atoms with Crippen molar-refractivity contribution in [2.75, 3.05) is 0 Å². The van der Waals surface area contributed by atoms with Gasteiger partial charge in [-0.05, 0) is 42.9 Å². The number of hydrogen-bond acceptors (Lipinski definition) is 1. The summed E-state index contributed by atoms with van der Waals surface area (Å²) in [6.07, 6.45) is 6.00. The van der Waals surface area contributed by atoms with Crippen LogP contribution in [0.1, 0.15) is 30.4 Å². The average molecular weight is 162 g/mol. The van der Waals surface area contributed by atoms with Gasteiger partial charge in [0.05, 0.1) is 0 Å². The summed E-state index contributed by atoms with van der Waals surface area (Å²) in [5.74, 6) is 0.495. The van der Waals surface area contributed by atoms with E-state index in [2.05, 4.69) is 6.07 Å². The van der Waals surface area contributed by atoms with Gasteiger partial charge in [-0.1, -0.05) is 18.6 Å². The highest BCUT2D eigenvalue weighted by atomic mass is 16.3. The topological polar surface area (TPSA) is 20.2 Å². The normalized spacial score (nSPS) is 16.7. The summed E-state index contributed by atoms with van der Waals surface area (Å²) in [5, 5.41) is 9.58. The van der Waals surface area contributed by atoms with Crippen LogP contribution < -0.4 is 0 Å². The molecule has 1 aliphatic rings. The fourth-order valence-corrected chi connectivity index (χ4v) is 1.94. The van der Waals surface area contributed by atoms with E-state index >= 15 is 0 Å². The number of fused-ring (bicyclic) bond motifs is 1. The fraction of sp³-hybridized carbons (Fsp3) is 0.455. The molecule has 0 aromatic heterocycles. The van der Waals surface area contributed by atoms with E-state index in [0.717, 1.165) is 12.8 Å². The molecule has 0 saturated carbocycles. The minimum absolute atomic E-state index is 0.495. The van der Waals surface area contributed by atoms with E-state index in [1.807, 2.05) is 6.07 Å². The van der Waals surface area contributed by atoms with E-state index in [9.17, 15) is 5.11 Å². The molecule has 0 atom stereocenters. The summed E-state index contributed by atoms with van der Waals surface area (Å²) in [5.41, 5.74) is 2.54. The number of aromatic hydroxyl groups is 1. The van der Waals surface area contributed by atoms with Gasteiger partial charge in [0.1, 0.15) is 5.75 Å². The van der Waals surface area contributed by atoms with Gasteiger partial charge in [-0.3, -0.25) is 0 Å². The van der Waals surface area contributed by atoms with Crippen molar-refractivity contribution in [2.45, 2.75) is 32.1 Å². The van der Waals surface area contributed by atoms with Crippen molar-refractivity contribution >= 4 is 0 Å². The highest BCUT2D eigenvalue weighted by Gasteiger charge is 2.10. The molecule has 2 rings (SSSR count). The van der Waals surface area contributed by atoms with Crippen LogP contribution in [0.15, 0.2) is 18.2 Å². The van der Waals surface area contributed by atoms with Gasteiger partial charge in [0, 0.05) is 0 Å². The van der Waals surface area contributed by atoms with Crippen LogP contribution >= 0.6 is 0 Å². The van der Waals surface area contributed by atoms with Crippen molar-refractivity contribution in [3.63, 3.8) is 0 Å². The second-order valence-corrected chi connectivity index (χ2v) is 3.48. The van der Waals surface area contributed by atoms with Crippen LogP contribution in [0.4, 0.5) is 0 Å². The molecule has 0 saturated heterocycles. The molecule has 0 fully saturated rings. The lowest BCUT2D eigenvalue weighted by atomic mass is 10.0. The van der Waals surface area contributed by atoms with Crippen molar-refractivity contribution in [2.24, 2.45) is 0 Å². The average Bonchev–Trinajstić information content (AvgIpc) is 2.30. The largest absolute Gasteiger partial charge is 0.508 e. The molecule has 0 amide bonds. The number of hydrogen-bond donors (Lipinski definition) is 1. The third-order valence-electron chi connectivity index (χ3n) is 2.62. The lowest BCUT2D eigenvalue weighted by molar-refractivity contribution is 0.467. The van der Waals surface area contributed by atoms with Crippen LogP contribution in [0.25, 0.3) is 0 Å². The van der Waals surface area contributed by atoms with E-state index < -0.39 is 0 Å². The molecular formula is C11H14O.